The molecule has 0 aliphatic carbocycles. The second kappa shape index (κ2) is 5.18. The average molecular weight is 309 g/mol. The van der Waals surface area contributed by atoms with E-state index >= 15 is 0 Å². The summed E-state index contributed by atoms with van der Waals surface area (Å²) in [6.07, 6.45) is -2.06. The fraction of sp³-hybridized carbons (Fsp3) is 0.417. The van der Waals surface area contributed by atoms with Gasteiger partial charge in [-0.3, -0.25) is 4.79 Å². The van der Waals surface area contributed by atoms with E-state index in [9.17, 15) is 15.0 Å². The van der Waals surface area contributed by atoms with Gasteiger partial charge in [-0.05, 0) is 0 Å². The minimum Gasteiger partial charge on any atom is -0.394 e. The largest absolute Gasteiger partial charge is 0.394 e. The first-order chi connectivity index (χ1) is 10.5. The molecule has 7 N–H and O–H groups in total. The van der Waals surface area contributed by atoms with E-state index in [0.29, 0.717) is 0 Å². The molecule has 3 heterocycles. The quantitative estimate of drug-likeness (QED) is 0.422. The zero-order valence-corrected chi connectivity index (χ0v) is 11.3. The van der Waals surface area contributed by atoms with Crippen molar-refractivity contribution in [3.8, 4) is 0 Å². The number of nitrogens with zero attached hydrogens (tertiary/aromatic N) is 3. The lowest BCUT2D eigenvalue weighted by molar-refractivity contribution is -0.0508. The Kier molecular flexibility index (Phi) is 3.45. The van der Waals surface area contributed by atoms with Gasteiger partial charge in [0.25, 0.3) is 5.91 Å². The average Bonchev–Trinajstić information content (AvgIpc) is 3.00. The summed E-state index contributed by atoms with van der Waals surface area (Å²) in [5, 5.41) is 29.3. The first kappa shape index (κ1) is 14.7. The van der Waals surface area contributed by atoms with Gasteiger partial charge in [-0.25, -0.2) is 9.97 Å². The lowest BCUT2D eigenvalue weighted by Crippen LogP contribution is -2.33. The molecule has 3 rings (SSSR count). The van der Waals surface area contributed by atoms with Crippen molar-refractivity contribution in [1.29, 1.82) is 0 Å². The summed E-state index contributed by atoms with van der Waals surface area (Å²) in [7, 11) is 0. The molecule has 10 heteroatoms. The molecule has 2 aromatic heterocycles. The molecule has 1 amide bonds. The van der Waals surface area contributed by atoms with E-state index in [1.54, 1.807) is 0 Å². The third-order valence-electron chi connectivity index (χ3n) is 3.70. The monoisotopic (exact) mass is 309 g/mol. The summed E-state index contributed by atoms with van der Waals surface area (Å²) in [4.78, 5) is 19.4. The van der Waals surface area contributed by atoms with Crippen molar-refractivity contribution in [2.24, 2.45) is 5.73 Å². The normalized spacial score (nSPS) is 28.3. The Balaban J connectivity index is 2.16. The number of aliphatic hydroxyl groups is 3. The van der Waals surface area contributed by atoms with Gasteiger partial charge in [0.2, 0.25) is 0 Å². The van der Waals surface area contributed by atoms with Crippen molar-refractivity contribution in [2.45, 2.75) is 24.5 Å². The van der Waals surface area contributed by atoms with E-state index in [1.807, 2.05) is 0 Å². The van der Waals surface area contributed by atoms with Crippen LogP contribution in [0.4, 0.5) is 5.82 Å². The molecule has 1 saturated heterocycles. The van der Waals surface area contributed by atoms with Gasteiger partial charge in [-0.15, -0.1) is 0 Å². The van der Waals surface area contributed by atoms with Crippen LogP contribution in [-0.2, 0) is 4.74 Å². The van der Waals surface area contributed by atoms with Crippen LogP contribution in [-0.4, -0.2) is 60.7 Å². The number of rotatable bonds is 3. The van der Waals surface area contributed by atoms with Crippen LogP contribution in [0.2, 0.25) is 0 Å². The number of ether oxygens (including phenoxy) is 1. The van der Waals surface area contributed by atoms with Gasteiger partial charge in [0.1, 0.15) is 36.1 Å². The first-order valence-corrected chi connectivity index (χ1v) is 6.49. The van der Waals surface area contributed by atoms with E-state index < -0.39 is 37.1 Å². The topological polar surface area (TPSA) is 170 Å². The Labute approximate surface area is 123 Å². The molecule has 118 valence electrons. The molecule has 10 nitrogen and oxygen atoms in total. The number of nitrogens with two attached hydrogens (primary N) is 2. The van der Waals surface area contributed by atoms with Gasteiger partial charge in [0.15, 0.2) is 6.23 Å². The molecule has 22 heavy (non-hydrogen) atoms. The number of aromatic nitrogens is 3. The second-order valence-electron chi connectivity index (χ2n) is 5.00. The molecule has 0 aromatic carbocycles. The number of carbonyl (C=O) groups is 1. The zero-order chi connectivity index (χ0) is 16.0. The molecule has 0 spiro atoms. The van der Waals surface area contributed by atoms with Crippen molar-refractivity contribution in [2.75, 3.05) is 12.3 Å². The number of primary amides is 1. The highest BCUT2D eigenvalue weighted by Crippen LogP contribution is 2.34. The number of hydrogen-bond acceptors (Lipinski definition) is 8. The zero-order valence-electron chi connectivity index (χ0n) is 11.3. The van der Waals surface area contributed by atoms with Crippen LogP contribution in [0.1, 0.15) is 16.6 Å². The predicted molar refractivity (Wildman–Crippen MR) is 73.5 cm³/mol. The van der Waals surface area contributed by atoms with Gasteiger partial charge in [0, 0.05) is 6.20 Å². The van der Waals surface area contributed by atoms with Crippen LogP contribution in [0.3, 0.4) is 0 Å². The van der Waals surface area contributed by atoms with Gasteiger partial charge >= 0.3 is 0 Å². The van der Waals surface area contributed by atoms with E-state index in [0.717, 1.165) is 0 Å². The van der Waals surface area contributed by atoms with Crippen LogP contribution < -0.4 is 11.5 Å². The van der Waals surface area contributed by atoms with Gasteiger partial charge < -0.3 is 36.1 Å². The first-order valence-electron chi connectivity index (χ1n) is 6.49. The van der Waals surface area contributed by atoms with Gasteiger partial charge in [-0.1, -0.05) is 0 Å². The minimum absolute atomic E-state index is 0.0595. The fourth-order valence-electron chi connectivity index (χ4n) is 2.60. The fourth-order valence-corrected chi connectivity index (χ4v) is 2.60. The number of carbonyl (C=O) groups excluding carboxylic acids is 1. The predicted octanol–water partition coefficient (Wildman–Crippen LogP) is -2.28. The van der Waals surface area contributed by atoms with E-state index in [4.69, 9.17) is 21.3 Å². The van der Waals surface area contributed by atoms with Crippen LogP contribution in [0.5, 0.6) is 0 Å². The number of fused-ring (bicyclic) bond motifs is 1. The summed E-state index contributed by atoms with van der Waals surface area (Å²) in [5.41, 5.74) is 11.4. The maximum Gasteiger partial charge on any atom is 0.251 e. The van der Waals surface area contributed by atoms with Gasteiger partial charge in [0.05, 0.1) is 17.6 Å². The third kappa shape index (κ3) is 2.01. The van der Waals surface area contributed by atoms with Crippen molar-refractivity contribution < 1.29 is 24.9 Å². The Bertz CT molecular complexity index is 732. The molecule has 0 radical (unpaired) electrons. The van der Waals surface area contributed by atoms with E-state index in [-0.39, 0.29) is 22.4 Å². The summed E-state index contributed by atoms with van der Waals surface area (Å²) in [6.45, 7) is -0.465. The third-order valence-corrected chi connectivity index (χ3v) is 3.70. The smallest absolute Gasteiger partial charge is 0.251 e. The highest BCUT2D eigenvalue weighted by atomic mass is 16.6. The Morgan fingerprint density at radius 2 is 2.09 bits per heavy atom. The molecule has 1 fully saturated rings. The molecule has 0 saturated carbocycles. The Morgan fingerprint density at radius 3 is 2.68 bits per heavy atom. The molecule has 4 atom stereocenters. The number of amides is 1. The van der Waals surface area contributed by atoms with Crippen molar-refractivity contribution in [1.82, 2.24) is 14.5 Å². The molecular weight excluding hydrogens is 294 g/mol. The minimum atomic E-state index is -1.32. The maximum atomic E-state index is 11.6. The Morgan fingerprint density at radius 1 is 1.36 bits per heavy atom. The maximum absolute atomic E-state index is 11.6. The van der Waals surface area contributed by atoms with Gasteiger partial charge in [-0.2, -0.15) is 0 Å². The summed E-state index contributed by atoms with van der Waals surface area (Å²) in [5.74, 6) is -0.679. The molecule has 1 aliphatic heterocycles. The molecular formula is C12H15N5O5. The highest BCUT2D eigenvalue weighted by molar-refractivity contribution is 6.08. The number of aliphatic hydroxyl groups excluding tert-OH is 3. The highest BCUT2D eigenvalue weighted by Gasteiger charge is 2.44. The lowest BCUT2D eigenvalue weighted by Gasteiger charge is -2.17. The molecule has 0 bridgehead atoms. The van der Waals surface area contributed by atoms with Crippen molar-refractivity contribution >= 4 is 22.8 Å². The molecule has 1 unspecified atom stereocenters. The standard InChI is InChI=1S/C12H15N5O5/c13-9-6-4(10(14)21)1-17(11(6)16-3-15-9)12-8(20)7(19)5(2-18)22-12/h1,3,5,7-8,12,18-20H,2H2,(H2,14,21)(H2,13,15,16)/t5-,7-,8?,12-/m1/s1. The lowest BCUT2D eigenvalue weighted by atomic mass is 10.1. The van der Waals surface area contributed by atoms with E-state index in [1.165, 1.54) is 17.1 Å². The number of hydrogen-bond donors (Lipinski definition) is 5. The summed E-state index contributed by atoms with van der Waals surface area (Å²) >= 11 is 0. The summed E-state index contributed by atoms with van der Waals surface area (Å²) < 4.78 is 6.77. The van der Waals surface area contributed by atoms with E-state index in [2.05, 4.69) is 9.97 Å². The second-order valence-corrected chi connectivity index (χ2v) is 5.00. The summed E-state index contributed by atoms with van der Waals surface area (Å²) in [6, 6.07) is 0. The number of nitrogen functional groups attached to an aromatic ring is 1. The van der Waals surface area contributed by atoms with Crippen LogP contribution >= 0.6 is 0 Å². The molecule has 1 aliphatic rings. The van der Waals surface area contributed by atoms with Crippen molar-refractivity contribution in [3.05, 3.63) is 18.1 Å². The van der Waals surface area contributed by atoms with Crippen LogP contribution in [0, 0.1) is 0 Å². The molecule has 2 aromatic rings. The van der Waals surface area contributed by atoms with Crippen LogP contribution in [0.25, 0.3) is 11.0 Å². The van der Waals surface area contributed by atoms with Crippen LogP contribution in [0.15, 0.2) is 12.5 Å². The Hall–Kier alpha value is -2.27. The SMILES string of the molecule is NC(=O)c1cn([C@@H]2O[C@H](CO)[C@@H](O)C2O)c2ncnc(N)c12. The number of anilines is 1. The van der Waals surface area contributed by atoms with Crippen molar-refractivity contribution in [3.63, 3.8) is 0 Å².